The molecule has 0 aromatic heterocycles. The van der Waals surface area contributed by atoms with Crippen LogP contribution in [0.4, 0.5) is 5.69 Å². The smallest absolute Gasteiger partial charge is 0.150 e. The third kappa shape index (κ3) is 2.62. The fraction of sp³-hybridized carbons (Fsp3) is 0.176. The standard InChI is InChI=1S/C17H17N3/c1-2-3-11-18-17-10-12-20(19-17)16-9-8-14-6-4-5-7-15(14)13-16/h2-9,11,13H,10,12H2,1H3/b3-2+,18-11?. The van der Waals surface area contributed by atoms with Crippen molar-refractivity contribution in [2.75, 3.05) is 11.6 Å². The summed E-state index contributed by atoms with van der Waals surface area (Å²) in [5.41, 5.74) is 1.12. The average Bonchev–Trinajstić information content (AvgIpc) is 2.96. The third-order valence-electron chi connectivity index (χ3n) is 3.32. The highest BCUT2D eigenvalue weighted by molar-refractivity contribution is 5.94. The fourth-order valence-electron chi connectivity index (χ4n) is 2.27. The van der Waals surface area contributed by atoms with E-state index >= 15 is 0 Å². The molecule has 1 aliphatic rings. The molecule has 0 radical (unpaired) electrons. The van der Waals surface area contributed by atoms with Crippen molar-refractivity contribution < 1.29 is 0 Å². The van der Waals surface area contributed by atoms with Gasteiger partial charge < -0.3 is 0 Å². The van der Waals surface area contributed by atoms with Crippen LogP contribution >= 0.6 is 0 Å². The minimum Gasteiger partial charge on any atom is -0.263 e. The molecule has 0 bridgehead atoms. The van der Waals surface area contributed by atoms with Crippen molar-refractivity contribution in [3.63, 3.8) is 0 Å². The molecule has 1 heterocycles. The van der Waals surface area contributed by atoms with E-state index in [0.29, 0.717) is 0 Å². The van der Waals surface area contributed by atoms with E-state index in [4.69, 9.17) is 0 Å². The Labute approximate surface area is 118 Å². The van der Waals surface area contributed by atoms with Crippen molar-refractivity contribution in [3.05, 3.63) is 54.6 Å². The summed E-state index contributed by atoms with van der Waals surface area (Å²) < 4.78 is 0. The second kappa shape index (κ2) is 5.70. The quantitative estimate of drug-likeness (QED) is 0.752. The number of hydrazone groups is 1. The Morgan fingerprint density at radius 2 is 2.00 bits per heavy atom. The topological polar surface area (TPSA) is 28.0 Å². The maximum atomic E-state index is 4.56. The summed E-state index contributed by atoms with van der Waals surface area (Å²) in [6.45, 7) is 2.87. The molecule has 3 rings (SSSR count). The van der Waals surface area contributed by atoms with Crippen LogP contribution < -0.4 is 5.01 Å². The van der Waals surface area contributed by atoms with E-state index in [1.807, 2.05) is 24.1 Å². The van der Waals surface area contributed by atoms with Crippen molar-refractivity contribution in [2.45, 2.75) is 13.3 Å². The number of nitrogens with zero attached hydrogens (tertiary/aromatic N) is 3. The number of hydrogen-bond acceptors (Lipinski definition) is 3. The zero-order valence-corrected chi connectivity index (χ0v) is 11.5. The monoisotopic (exact) mass is 263 g/mol. The van der Waals surface area contributed by atoms with E-state index in [1.165, 1.54) is 10.8 Å². The van der Waals surface area contributed by atoms with Crippen LogP contribution in [0.15, 0.2) is 64.7 Å². The molecule has 0 unspecified atom stereocenters. The van der Waals surface area contributed by atoms with E-state index in [1.54, 1.807) is 6.21 Å². The minimum atomic E-state index is 0.885. The number of aliphatic imine (C=N–C) groups is 1. The highest BCUT2D eigenvalue weighted by atomic mass is 15.5. The molecule has 100 valence electrons. The summed E-state index contributed by atoms with van der Waals surface area (Å²) >= 11 is 0. The van der Waals surface area contributed by atoms with Gasteiger partial charge in [0.2, 0.25) is 0 Å². The Bertz CT molecular complexity index is 698. The lowest BCUT2D eigenvalue weighted by molar-refractivity contribution is 0.923. The second-order valence-corrected chi connectivity index (χ2v) is 4.72. The predicted molar refractivity (Wildman–Crippen MR) is 86.7 cm³/mol. The van der Waals surface area contributed by atoms with Crippen molar-refractivity contribution >= 4 is 28.5 Å². The van der Waals surface area contributed by atoms with Gasteiger partial charge in [0.05, 0.1) is 5.69 Å². The zero-order valence-electron chi connectivity index (χ0n) is 11.5. The largest absolute Gasteiger partial charge is 0.263 e. The van der Waals surface area contributed by atoms with E-state index in [2.05, 4.69) is 52.6 Å². The van der Waals surface area contributed by atoms with Crippen LogP contribution in [0.2, 0.25) is 0 Å². The van der Waals surface area contributed by atoms with E-state index in [9.17, 15) is 0 Å². The van der Waals surface area contributed by atoms with Crippen LogP contribution in [0.3, 0.4) is 0 Å². The van der Waals surface area contributed by atoms with Crippen LogP contribution in [-0.4, -0.2) is 18.6 Å². The summed E-state index contributed by atoms with van der Waals surface area (Å²) in [4.78, 5) is 4.35. The molecule has 0 spiro atoms. The van der Waals surface area contributed by atoms with Crippen molar-refractivity contribution in [1.29, 1.82) is 0 Å². The van der Waals surface area contributed by atoms with Gasteiger partial charge in [-0.25, -0.2) is 4.99 Å². The van der Waals surface area contributed by atoms with Crippen molar-refractivity contribution in [1.82, 2.24) is 0 Å². The minimum absolute atomic E-state index is 0.885. The maximum absolute atomic E-state index is 4.56. The summed E-state index contributed by atoms with van der Waals surface area (Å²) in [6, 6.07) is 14.8. The number of allylic oxidation sites excluding steroid dienone is 2. The van der Waals surface area contributed by atoms with Gasteiger partial charge in [0.1, 0.15) is 0 Å². The van der Waals surface area contributed by atoms with Gasteiger partial charge in [0.25, 0.3) is 0 Å². The highest BCUT2D eigenvalue weighted by Crippen LogP contribution is 2.24. The molecule has 0 saturated carbocycles. The molecule has 20 heavy (non-hydrogen) atoms. The number of amidine groups is 1. The van der Waals surface area contributed by atoms with Gasteiger partial charge in [-0.1, -0.05) is 36.4 Å². The molecule has 0 atom stereocenters. The number of benzene rings is 2. The first-order valence-electron chi connectivity index (χ1n) is 6.86. The second-order valence-electron chi connectivity index (χ2n) is 4.72. The summed E-state index contributed by atoms with van der Waals surface area (Å²) in [5.74, 6) is 0.885. The summed E-state index contributed by atoms with van der Waals surface area (Å²) in [6.07, 6.45) is 6.56. The lowest BCUT2D eigenvalue weighted by Gasteiger charge is -2.13. The number of anilines is 1. The first-order chi connectivity index (χ1) is 9.86. The third-order valence-corrected chi connectivity index (χ3v) is 3.32. The molecule has 0 N–H and O–H groups in total. The van der Waals surface area contributed by atoms with Gasteiger partial charge in [-0.2, -0.15) is 5.10 Å². The van der Waals surface area contributed by atoms with Crippen molar-refractivity contribution in [2.24, 2.45) is 10.1 Å². The van der Waals surface area contributed by atoms with Gasteiger partial charge in [-0.05, 0) is 35.9 Å². The first kappa shape index (κ1) is 12.6. The van der Waals surface area contributed by atoms with Crippen LogP contribution in [0.5, 0.6) is 0 Å². The molecular weight excluding hydrogens is 246 g/mol. The Morgan fingerprint density at radius 1 is 1.15 bits per heavy atom. The van der Waals surface area contributed by atoms with Crippen LogP contribution in [0.25, 0.3) is 10.8 Å². The van der Waals surface area contributed by atoms with Crippen LogP contribution in [0, 0.1) is 0 Å². The SMILES string of the molecule is C/C=C/C=NC1=NN(c2ccc3ccccc3c2)CC1. The van der Waals surface area contributed by atoms with Crippen LogP contribution in [-0.2, 0) is 0 Å². The number of fused-ring (bicyclic) bond motifs is 1. The number of rotatable bonds is 2. The molecule has 2 aromatic carbocycles. The van der Waals surface area contributed by atoms with Crippen molar-refractivity contribution in [3.8, 4) is 0 Å². The molecular formula is C17H17N3. The van der Waals surface area contributed by atoms with E-state index < -0.39 is 0 Å². The van der Waals surface area contributed by atoms with Gasteiger partial charge in [-0.3, -0.25) is 5.01 Å². The molecule has 0 aliphatic carbocycles. The Balaban J connectivity index is 1.85. The average molecular weight is 263 g/mol. The van der Waals surface area contributed by atoms with E-state index in [0.717, 1.165) is 24.5 Å². The molecule has 3 heteroatoms. The zero-order chi connectivity index (χ0) is 13.8. The molecule has 1 aliphatic heterocycles. The molecule has 0 saturated heterocycles. The Morgan fingerprint density at radius 3 is 2.85 bits per heavy atom. The maximum Gasteiger partial charge on any atom is 0.150 e. The van der Waals surface area contributed by atoms with Gasteiger partial charge in [-0.15, -0.1) is 0 Å². The first-order valence-corrected chi connectivity index (χ1v) is 6.86. The van der Waals surface area contributed by atoms with Crippen LogP contribution in [0.1, 0.15) is 13.3 Å². The van der Waals surface area contributed by atoms with Gasteiger partial charge >= 0.3 is 0 Å². The number of hydrogen-bond donors (Lipinski definition) is 0. The lowest BCUT2D eigenvalue weighted by Crippen LogP contribution is -2.11. The molecule has 3 nitrogen and oxygen atoms in total. The normalized spacial score (nSPS) is 15.7. The summed E-state index contributed by atoms with van der Waals surface area (Å²) in [5, 5.41) is 9.07. The summed E-state index contributed by atoms with van der Waals surface area (Å²) in [7, 11) is 0. The highest BCUT2D eigenvalue weighted by Gasteiger charge is 2.15. The molecule has 2 aromatic rings. The fourth-order valence-corrected chi connectivity index (χ4v) is 2.27. The molecule has 0 amide bonds. The van der Waals surface area contributed by atoms with Gasteiger partial charge in [0, 0.05) is 19.2 Å². The van der Waals surface area contributed by atoms with Gasteiger partial charge in [0.15, 0.2) is 5.84 Å². The lowest BCUT2D eigenvalue weighted by atomic mass is 10.1. The molecule has 0 fully saturated rings. The Kier molecular flexibility index (Phi) is 3.59. The Hall–Kier alpha value is -2.42. The predicted octanol–water partition coefficient (Wildman–Crippen LogP) is 4.01. The van der Waals surface area contributed by atoms with E-state index in [-0.39, 0.29) is 0 Å².